The quantitative estimate of drug-likeness (QED) is 0.693. The summed E-state index contributed by atoms with van der Waals surface area (Å²) in [6.45, 7) is 3.94. The van der Waals surface area contributed by atoms with Gasteiger partial charge in [-0.05, 0) is 68.0 Å². The van der Waals surface area contributed by atoms with Crippen molar-refractivity contribution in [3.05, 3.63) is 63.7 Å². The molecule has 5 nitrogen and oxygen atoms in total. The van der Waals surface area contributed by atoms with Crippen LogP contribution in [0.4, 0.5) is 0 Å². The lowest BCUT2D eigenvalue weighted by molar-refractivity contribution is -0.150. The highest BCUT2D eigenvalue weighted by molar-refractivity contribution is 6.30. The van der Waals surface area contributed by atoms with E-state index in [4.69, 9.17) is 21.1 Å². The van der Waals surface area contributed by atoms with Crippen LogP contribution in [0.15, 0.2) is 36.4 Å². The van der Waals surface area contributed by atoms with Gasteiger partial charge in [0.05, 0.1) is 18.3 Å². The molecule has 0 saturated heterocycles. The molecule has 1 unspecified atom stereocenters. The van der Waals surface area contributed by atoms with Gasteiger partial charge in [0.2, 0.25) is 0 Å². The largest absolute Gasteiger partial charge is 0.489 e. The Hall–Kier alpha value is -2.53. The maximum Gasteiger partial charge on any atom is 0.332 e. The normalized spacial score (nSPS) is 20.2. The maximum absolute atomic E-state index is 13.4. The Labute approximate surface area is 181 Å². The predicted octanol–water partition coefficient (Wildman–Crippen LogP) is 4.41. The van der Waals surface area contributed by atoms with E-state index in [9.17, 15) is 9.59 Å². The molecule has 2 aliphatic carbocycles. The molecule has 1 N–H and O–H groups in total. The number of fused-ring (bicyclic) bond motifs is 1. The standard InChI is InChI=1S/C24H26ClNO4/c1-3-29-23(28)24(13-16-10-11-18(25)12-17(16)14-24)26-22(27)20-9-4-6-15(2)21(20)30-19-7-5-8-19/h4,6,9-12,19H,3,5,7-8,13-14H2,1-2H3,(H,26,27). The summed E-state index contributed by atoms with van der Waals surface area (Å²) in [7, 11) is 0. The number of aryl methyl sites for hydroxylation is 1. The van der Waals surface area contributed by atoms with Crippen molar-refractivity contribution < 1.29 is 19.1 Å². The number of ether oxygens (including phenoxy) is 2. The highest BCUT2D eigenvalue weighted by Crippen LogP contribution is 2.35. The van der Waals surface area contributed by atoms with Crippen LogP contribution in [0.5, 0.6) is 5.75 Å². The van der Waals surface area contributed by atoms with E-state index < -0.39 is 11.5 Å². The Kier molecular flexibility index (Phi) is 5.74. The zero-order valence-electron chi connectivity index (χ0n) is 17.3. The van der Waals surface area contributed by atoms with E-state index in [0.717, 1.165) is 36.0 Å². The Morgan fingerprint density at radius 2 is 1.93 bits per heavy atom. The average molecular weight is 428 g/mol. The van der Waals surface area contributed by atoms with Crippen molar-refractivity contribution in [3.8, 4) is 5.75 Å². The Bertz CT molecular complexity index is 985. The second kappa shape index (κ2) is 8.31. The highest BCUT2D eigenvalue weighted by atomic mass is 35.5. The second-order valence-electron chi connectivity index (χ2n) is 8.15. The molecule has 0 heterocycles. The fourth-order valence-electron chi connectivity index (χ4n) is 4.12. The molecule has 0 spiro atoms. The number of benzene rings is 2. The fraction of sp³-hybridized carbons (Fsp3) is 0.417. The number of esters is 1. The average Bonchev–Trinajstić information content (AvgIpc) is 3.04. The van der Waals surface area contributed by atoms with Crippen molar-refractivity contribution >= 4 is 23.5 Å². The van der Waals surface area contributed by atoms with Crippen LogP contribution in [-0.2, 0) is 22.4 Å². The first-order valence-electron chi connectivity index (χ1n) is 10.4. The molecule has 30 heavy (non-hydrogen) atoms. The minimum atomic E-state index is -1.16. The van der Waals surface area contributed by atoms with Gasteiger partial charge in [-0.25, -0.2) is 4.79 Å². The number of rotatable bonds is 6. The molecule has 2 aliphatic rings. The molecule has 0 aromatic heterocycles. The lowest BCUT2D eigenvalue weighted by Crippen LogP contribution is -2.56. The maximum atomic E-state index is 13.4. The van der Waals surface area contributed by atoms with Gasteiger partial charge in [-0.3, -0.25) is 4.79 Å². The monoisotopic (exact) mass is 427 g/mol. The van der Waals surface area contributed by atoms with Crippen molar-refractivity contribution in [2.75, 3.05) is 6.61 Å². The molecule has 1 saturated carbocycles. The molecular formula is C24H26ClNO4. The third kappa shape index (κ3) is 3.91. The van der Waals surface area contributed by atoms with Gasteiger partial charge < -0.3 is 14.8 Å². The van der Waals surface area contributed by atoms with Crippen LogP contribution in [0.2, 0.25) is 5.02 Å². The number of hydrogen-bond donors (Lipinski definition) is 1. The molecular weight excluding hydrogens is 402 g/mol. The summed E-state index contributed by atoms with van der Waals surface area (Å²) >= 11 is 6.14. The van der Waals surface area contributed by atoms with Crippen molar-refractivity contribution in [2.24, 2.45) is 0 Å². The van der Waals surface area contributed by atoms with Crippen molar-refractivity contribution in [3.63, 3.8) is 0 Å². The van der Waals surface area contributed by atoms with E-state index in [2.05, 4.69) is 5.32 Å². The molecule has 2 aromatic rings. The molecule has 0 bridgehead atoms. The molecule has 1 amide bonds. The number of hydrogen-bond acceptors (Lipinski definition) is 4. The molecule has 0 radical (unpaired) electrons. The van der Waals surface area contributed by atoms with Gasteiger partial charge in [-0.15, -0.1) is 0 Å². The van der Waals surface area contributed by atoms with E-state index >= 15 is 0 Å². The third-order valence-electron chi connectivity index (χ3n) is 5.96. The summed E-state index contributed by atoms with van der Waals surface area (Å²) in [5, 5.41) is 3.61. The van der Waals surface area contributed by atoms with Gasteiger partial charge in [0.25, 0.3) is 5.91 Å². The molecule has 158 valence electrons. The van der Waals surface area contributed by atoms with Crippen LogP contribution in [0.25, 0.3) is 0 Å². The molecule has 1 atom stereocenters. The first-order valence-corrected chi connectivity index (χ1v) is 10.8. The Morgan fingerprint density at radius 1 is 1.17 bits per heavy atom. The Balaban J connectivity index is 1.64. The van der Waals surface area contributed by atoms with Gasteiger partial charge in [-0.1, -0.05) is 29.8 Å². The molecule has 6 heteroatoms. The third-order valence-corrected chi connectivity index (χ3v) is 6.20. The van der Waals surface area contributed by atoms with Gasteiger partial charge in [0.1, 0.15) is 11.3 Å². The number of carbonyl (C=O) groups excluding carboxylic acids is 2. The van der Waals surface area contributed by atoms with Gasteiger partial charge >= 0.3 is 5.97 Å². The summed E-state index contributed by atoms with van der Waals surface area (Å²) in [6.07, 6.45) is 4.00. The number of para-hydroxylation sites is 1. The van der Waals surface area contributed by atoms with Crippen LogP contribution < -0.4 is 10.1 Å². The molecule has 2 aromatic carbocycles. The van der Waals surface area contributed by atoms with Crippen molar-refractivity contribution in [2.45, 2.75) is 57.6 Å². The minimum absolute atomic E-state index is 0.148. The van der Waals surface area contributed by atoms with Crippen LogP contribution in [-0.4, -0.2) is 30.1 Å². The van der Waals surface area contributed by atoms with Crippen LogP contribution >= 0.6 is 11.6 Å². The number of amides is 1. The van der Waals surface area contributed by atoms with E-state index in [-0.39, 0.29) is 18.6 Å². The van der Waals surface area contributed by atoms with Crippen LogP contribution in [0.3, 0.4) is 0 Å². The van der Waals surface area contributed by atoms with E-state index in [0.29, 0.717) is 29.2 Å². The zero-order chi connectivity index (χ0) is 21.3. The summed E-state index contributed by atoms with van der Waals surface area (Å²) in [6, 6.07) is 11.1. The zero-order valence-corrected chi connectivity index (χ0v) is 18.1. The minimum Gasteiger partial charge on any atom is -0.489 e. The smallest absolute Gasteiger partial charge is 0.332 e. The first-order chi connectivity index (χ1) is 14.4. The topological polar surface area (TPSA) is 64.6 Å². The second-order valence-corrected chi connectivity index (χ2v) is 8.58. The van der Waals surface area contributed by atoms with Gasteiger partial charge in [0, 0.05) is 17.9 Å². The lowest BCUT2D eigenvalue weighted by Gasteiger charge is -2.30. The number of halogens is 1. The van der Waals surface area contributed by atoms with Crippen LogP contribution in [0, 0.1) is 6.92 Å². The highest BCUT2D eigenvalue weighted by Gasteiger charge is 2.47. The lowest BCUT2D eigenvalue weighted by atomic mass is 9.94. The molecule has 4 rings (SSSR count). The van der Waals surface area contributed by atoms with Crippen molar-refractivity contribution in [1.82, 2.24) is 5.32 Å². The molecule has 0 aliphatic heterocycles. The van der Waals surface area contributed by atoms with Gasteiger partial charge in [-0.2, -0.15) is 0 Å². The van der Waals surface area contributed by atoms with Crippen molar-refractivity contribution in [1.29, 1.82) is 0 Å². The van der Waals surface area contributed by atoms with Crippen LogP contribution in [0.1, 0.15) is 53.2 Å². The number of nitrogens with one attached hydrogen (secondary N) is 1. The fourth-order valence-corrected chi connectivity index (χ4v) is 4.32. The van der Waals surface area contributed by atoms with E-state index in [1.54, 1.807) is 19.1 Å². The molecule has 1 fully saturated rings. The summed E-state index contributed by atoms with van der Waals surface area (Å²) in [4.78, 5) is 26.3. The Morgan fingerprint density at radius 3 is 2.63 bits per heavy atom. The SMILES string of the molecule is CCOC(=O)C1(NC(=O)c2cccc(C)c2OC2CCC2)Cc2ccc(Cl)cc2C1. The summed E-state index contributed by atoms with van der Waals surface area (Å²) in [5.41, 5.74) is 2.13. The summed E-state index contributed by atoms with van der Waals surface area (Å²) in [5.74, 6) is -0.169. The first kappa shape index (κ1) is 20.7. The number of carbonyl (C=O) groups is 2. The van der Waals surface area contributed by atoms with E-state index in [1.165, 1.54) is 0 Å². The van der Waals surface area contributed by atoms with Gasteiger partial charge in [0.15, 0.2) is 0 Å². The summed E-state index contributed by atoms with van der Waals surface area (Å²) < 4.78 is 11.5. The van der Waals surface area contributed by atoms with E-state index in [1.807, 2.05) is 31.2 Å². The predicted molar refractivity (Wildman–Crippen MR) is 115 cm³/mol.